The molecule has 122 valence electrons. The van der Waals surface area contributed by atoms with Gasteiger partial charge in [0.05, 0.1) is 12.0 Å². The van der Waals surface area contributed by atoms with Crippen molar-refractivity contribution in [3.05, 3.63) is 5.41 Å². The third-order valence-electron chi connectivity index (χ3n) is 3.92. The molecular formula is C12H14F3N4O3-. The number of nitrogens with one attached hydrogen (secondary N) is 1. The fourth-order valence-electron chi connectivity index (χ4n) is 2.32. The molecule has 2 rings (SSSR count). The van der Waals surface area contributed by atoms with Gasteiger partial charge in [-0.05, 0) is 19.4 Å². The van der Waals surface area contributed by atoms with E-state index in [1.807, 2.05) is 0 Å². The maximum Gasteiger partial charge on any atom is 0.408 e. The highest BCUT2D eigenvalue weighted by molar-refractivity contribution is 6.05. The average molecular weight is 319 g/mol. The Labute approximate surface area is 123 Å². The molecule has 1 amide bonds. The number of alkyl halides is 3. The molecular weight excluding hydrogens is 305 g/mol. The summed E-state index contributed by atoms with van der Waals surface area (Å²) in [4.78, 5) is 24.6. The van der Waals surface area contributed by atoms with E-state index in [0.29, 0.717) is 17.7 Å². The van der Waals surface area contributed by atoms with Gasteiger partial charge in [-0.2, -0.15) is 13.2 Å². The van der Waals surface area contributed by atoms with Crippen molar-refractivity contribution in [1.29, 1.82) is 5.41 Å². The second-order valence-corrected chi connectivity index (χ2v) is 5.50. The number of carbonyl (C=O) groups is 2. The van der Waals surface area contributed by atoms with E-state index in [9.17, 15) is 22.8 Å². The van der Waals surface area contributed by atoms with Crippen LogP contribution in [0.3, 0.4) is 0 Å². The van der Waals surface area contributed by atoms with Crippen molar-refractivity contribution in [3.63, 3.8) is 0 Å². The average Bonchev–Trinajstić information content (AvgIpc) is 3.17. The number of hydrogen-bond donors (Lipinski definition) is 2. The van der Waals surface area contributed by atoms with E-state index in [4.69, 9.17) is 15.9 Å². The summed E-state index contributed by atoms with van der Waals surface area (Å²) >= 11 is 0. The Hall–Kier alpha value is -2.13. The zero-order chi connectivity index (χ0) is 16.7. The molecule has 2 aliphatic rings. The van der Waals surface area contributed by atoms with Gasteiger partial charge < -0.3 is 25.7 Å². The molecule has 0 unspecified atom stereocenters. The van der Waals surface area contributed by atoms with E-state index < -0.39 is 41.7 Å². The maximum absolute atomic E-state index is 12.4. The van der Waals surface area contributed by atoms with Gasteiger partial charge in [0, 0.05) is 24.6 Å². The van der Waals surface area contributed by atoms with E-state index >= 15 is 0 Å². The first kappa shape index (κ1) is 16.2. The number of carbonyl (C=O) groups excluding carboxylic acids is 1. The molecule has 1 heterocycles. The van der Waals surface area contributed by atoms with Crippen LogP contribution in [0.2, 0.25) is 0 Å². The van der Waals surface area contributed by atoms with Crippen LogP contribution in [0.1, 0.15) is 19.3 Å². The van der Waals surface area contributed by atoms with E-state index in [1.165, 1.54) is 0 Å². The number of hydrogen-bond acceptors (Lipinski definition) is 3. The Morgan fingerprint density at radius 2 is 1.91 bits per heavy atom. The number of carboxylic acids is 1. The number of amidine groups is 2. The second kappa shape index (κ2) is 5.25. The molecule has 0 atom stereocenters. The molecule has 22 heavy (non-hydrogen) atoms. The lowest BCUT2D eigenvalue weighted by Gasteiger charge is -2.43. The zero-order valence-corrected chi connectivity index (χ0v) is 11.5. The summed E-state index contributed by atoms with van der Waals surface area (Å²) in [6.45, 7) is -0.873. The van der Waals surface area contributed by atoms with Gasteiger partial charge in [0.2, 0.25) is 5.91 Å². The van der Waals surface area contributed by atoms with Gasteiger partial charge in [0.15, 0.2) is 0 Å². The molecule has 0 spiro atoms. The molecule has 10 heteroatoms. The lowest BCUT2D eigenvalue weighted by atomic mass is 10.0. The summed E-state index contributed by atoms with van der Waals surface area (Å²) in [6, 6.07) is 0. The summed E-state index contributed by atoms with van der Waals surface area (Å²) < 4.78 is 37.2. The Morgan fingerprint density at radius 1 is 1.32 bits per heavy atom. The van der Waals surface area contributed by atoms with Crippen molar-refractivity contribution in [2.24, 2.45) is 5.41 Å². The minimum atomic E-state index is -4.96. The number of piperazine rings is 1. The Morgan fingerprint density at radius 3 is 2.32 bits per heavy atom. The third-order valence-corrected chi connectivity index (χ3v) is 3.92. The van der Waals surface area contributed by atoms with Gasteiger partial charge in [-0.3, -0.25) is 9.59 Å². The summed E-state index contributed by atoms with van der Waals surface area (Å²) in [5.41, 5.74) is -1.06. The van der Waals surface area contributed by atoms with Crippen LogP contribution >= 0.6 is 0 Å². The molecule has 7 nitrogen and oxygen atoms in total. The molecule has 1 saturated heterocycles. The molecule has 2 fully saturated rings. The summed E-state index contributed by atoms with van der Waals surface area (Å²) in [5, 5.41) is 25.6. The van der Waals surface area contributed by atoms with Crippen LogP contribution in [0.4, 0.5) is 13.2 Å². The number of carboxylic acid groups (broad SMARTS) is 1. The van der Waals surface area contributed by atoms with Crippen LogP contribution in [0.25, 0.3) is 5.41 Å². The topological polar surface area (TPSA) is 107 Å². The zero-order valence-electron chi connectivity index (χ0n) is 11.5. The highest BCUT2D eigenvalue weighted by atomic mass is 19.4. The van der Waals surface area contributed by atoms with Gasteiger partial charge in [-0.25, -0.2) is 0 Å². The largest absolute Gasteiger partial charge is 0.481 e. The minimum absolute atomic E-state index is 0.114. The molecule has 0 aromatic heterocycles. The number of rotatable bonds is 3. The van der Waals surface area contributed by atoms with Crippen molar-refractivity contribution < 1.29 is 27.9 Å². The summed E-state index contributed by atoms with van der Waals surface area (Å²) in [6.07, 6.45) is -4.38. The Kier molecular flexibility index (Phi) is 3.88. The van der Waals surface area contributed by atoms with Gasteiger partial charge in [-0.15, -0.1) is 0 Å². The fourth-order valence-corrected chi connectivity index (χ4v) is 2.32. The van der Waals surface area contributed by atoms with Crippen molar-refractivity contribution in [2.75, 3.05) is 19.6 Å². The highest BCUT2D eigenvalue weighted by Gasteiger charge is 2.52. The minimum Gasteiger partial charge on any atom is -0.481 e. The smallest absolute Gasteiger partial charge is 0.408 e. The summed E-state index contributed by atoms with van der Waals surface area (Å²) in [5.74, 6) is -4.00. The molecule has 1 aliphatic heterocycles. The SMILES string of the molecule is [N-]=C(N1CCN(C(=O)CC2(C(=O)O)CC2)CC1=N)C(F)(F)F. The standard InChI is InChI=1S/C12H14F3N4O3/c13-12(14,15)9(17)19-4-3-18(6-7(19)16)8(20)5-11(1-2-11)10(21)22/h16H,1-6H2,(H,21,22)/q-1. The number of amides is 1. The molecule has 0 radical (unpaired) electrons. The second-order valence-electron chi connectivity index (χ2n) is 5.50. The van der Waals surface area contributed by atoms with Gasteiger partial charge in [-0.1, -0.05) is 0 Å². The number of halogens is 3. The molecule has 0 aromatic carbocycles. The van der Waals surface area contributed by atoms with Gasteiger partial charge in [0.1, 0.15) is 0 Å². The number of aliphatic carboxylic acids is 1. The lowest BCUT2D eigenvalue weighted by molar-refractivity contribution is -0.147. The van der Waals surface area contributed by atoms with E-state index in [1.54, 1.807) is 0 Å². The van der Waals surface area contributed by atoms with Crippen molar-refractivity contribution in [1.82, 2.24) is 9.80 Å². The number of nitrogens with zero attached hydrogens (tertiary/aromatic N) is 3. The predicted molar refractivity (Wildman–Crippen MR) is 69.4 cm³/mol. The predicted octanol–water partition coefficient (Wildman–Crippen LogP) is 0.893. The first-order valence-corrected chi connectivity index (χ1v) is 6.56. The maximum atomic E-state index is 12.4. The van der Waals surface area contributed by atoms with Crippen LogP contribution in [0.15, 0.2) is 0 Å². The van der Waals surface area contributed by atoms with Crippen molar-refractivity contribution >= 4 is 23.5 Å². The molecule has 1 aliphatic carbocycles. The molecule has 2 N–H and O–H groups in total. The van der Waals surface area contributed by atoms with Gasteiger partial charge >= 0.3 is 12.1 Å². The fraction of sp³-hybridized carbons (Fsp3) is 0.667. The van der Waals surface area contributed by atoms with Crippen molar-refractivity contribution in [2.45, 2.75) is 25.4 Å². The van der Waals surface area contributed by atoms with Crippen LogP contribution in [0.5, 0.6) is 0 Å². The van der Waals surface area contributed by atoms with Crippen LogP contribution in [0, 0.1) is 10.8 Å². The van der Waals surface area contributed by atoms with Crippen LogP contribution in [-0.2, 0) is 9.59 Å². The Balaban J connectivity index is 1.96. The molecule has 0 bridgehead atoms. The van der Waals surface area contributed by atoms with E-state index in [0.717, 1.165) is 4.90 Å². The lowest BCUT2D eigenvalue weighted by Crippen LogP contribution is -2.56. The normalized spacial score (nSPS) is 20.8. The Bertz CT molecular complexity index is 542. The van der Waals surface area contributed by atoms with Crippen molar-refractivity contribution in [3.8, 4) is 0 Å². The van der Waals surface area contributed by atoms with E-state index in [-0.39, 0.29) is 19.5 Å². The molecule has 0 aromatic rings. The van der Waals surface area contributed by atoms with Crippen LogP contribution < -0.4 is 0 Å². The van der Waals surface area contributed by atoms with Gasteiger partial charge in [0.25, 0.3) is 0 Å². The van der Waals surface area contributed by atoms with E-state index in [2.05, 4.69) is 0 Å². The highest BCUT2D eigenvalue weighted by Crippen LogP contribution is 2.49. The third kappa shape index (κ3) is 3.04. The monoisotopic (exact) mass is 319 g/mol. The summed E-state index contributed by atoms with van der Waals surface area (Å²) in [7, 11) is 0. The first-order chi connectivity index (χ1) is 10.1. The molecule has 1 saturated carbocycles. The first-order valence-electron chi connectivity index (χ1n) is 6.56. The van der Waals surface area contributed by atoms with Crippen LogP contribution in [-0.4, -0.2) is 64.3 Å². The quantitative estimate of drug-likeness (QED) is 0.595.